The Hall–Kier alpha value is -1.22. The van der Waals surface area contributed by atoms with Gasteiger partial charge < -0.3 is 4.98 Å². The molecule has 1 aromatic carbocycles. The minimum atomic E-state index is 0.820. The molecule has 0 fully saturated rings. The van der Waals surface area contributed by atoms with Crippen molar-refractivity contribution in [1.82, 2.24) is 9.97 Å². The van der Waals surface area contributed by atoms with Crippen LogP contribution in [0.3, 0.4) is 0 Å². The maximum atomic E-state index is 4.31. The zero-order valence-corrected chi connectivity index (χ0v) is 9.59. The van der Waals surface area contributed by atoms with Gasteiger partial charge in [0, 0.05) is 6.42 Å². The lowest BCUT2D eigenvalue weighted by Crippen LogP contribution is -1.88. The van der Waals surface area contributed by atoms with Gasteiger partial charge in [-0.05, 0) is 24.3 Å². The molecule has 3 heteroatoms. The van der Waals surface area contributed by atoms with E-state index in [4.69, 9.17) is 0 Å². The van der Waals surface area contributed by atoms with Gasteiger partial charge >= 0.3 is 0 Å². The van der Waals surface area contributed by atoms with Gasteiger partial charge in [-0.15, -0.1) is 0 Å². The van der Waals surface area contributed by atoms with Crippen LogP contribution in [0, 0.1) is 6.92 Å². The van der Waals surface area contributed by atoms with Crippen LogP contribution in [0.5, 0.6) is 0 Å². The van der Waals surface area contributed by atoms with Crippen LogP contribution in [0.4, 0.5) is 0 Å². The quantitative estimate of drug-likeness (QED) is 0.762. The number of H-pyrrole nitrogens is 1. The molecule has 2 nitrogen and oxygen atoms in total. The van der Waals surface area contributed by atoms with Crippen LogP contribution in [0.2, 0.25) is 0 Å². The van der Waals surface area contributed by atoms with Crippen molar-refractivity contribution in [3.63, 3.8) is 0 Å². The Balaban J connectivity index is 2.29. The lowest BCUT2D eigenvalue weighted by molar-refractivity contribution is 1.00. The maximum Gasteiger partial charge on any atom is 0.107 e. The van der Waals surface area contributed by atoms with Crippen molar-refractivity contribution < 1.29 is 0 Å². The molecule has 0 aliphatic rings. The summed E-state index contributed by atoms with van der Waals surface area (Å²) < 4.78 is 0. The summed E-state index contributed by atoms with van der Waals surface area (Å²) in [4.78, 5) is 7.61. The third kappa shape index (κ3) is 2.42. The Morgan fingerprint density at radius 3 is 3.00 bits per heavy atom. The first-order chi connectivity index (χ1) is 7.29. The number of hydrogen-bond acceptors (Lipinski definition) is 2. The first-order valence-electron chi connectivity index (χ1n) is 5.01. The highest BCUT2D eigenvalue weighted by molar-refractivity contribution is 7.80. The number of hydrogen-bond donors (Lipinski definition) is 2. The van der Waals surface area contributed by atoms with E-state index in [-0.39, 0.29) is 0 Å². The van der Waals surface area contributed by atoms with Crippen LogP contribution >= 0.6 is 12.6 Å². The van der Waals surface area contributed by atoms with Crippen molar-refractivity contribution in [3.8, 4) is 11.3 Å². The summed E-state index contributed by atoms with van der Waals surface area (Å²) >= 11 is 4.18. The number of nitrogens with one attached hydrogen (secondary N) is 1. The SMILES string of the molecule is Cc1cccc(-c2cnc(CCS)[nH]2)c1. The topological polar surface area (TPSA) is 28.7 Å². The number of benzene rings is 1. The number of thiol groups is 1. The molecule has 0 radical (unpaired) electrons. The van der Waals surface area contributed by atoms with Gasteiger partial charge in [0.1, 0.15) is 5.82 Å². The second-order valence-corrected chi connectivity index (χ2v) is 4.03. The van der Waals surface area contributed by atoms with Gasteiger partial charge in [-0.25, -0.2) is 4.98 Å². The Morgan fingerprint density at radius 2 is 2.27 bits per heavy atom. The molecule has 1 heterocycles. The number of nitrogens with zero attached hydrogens (tertiary/aromatic N) is 1. The molecule has 0 amide bonds. The van der Waals surface area contributed by atoms with Crippen LogP contribution in [-0.4, -0.2) is 15.7 Å². The van der Waals surface area contributed by atoms with E-state index in [0.29, 0.717) is 0 Å². The molecule has 0 bridgehead atoms. The van der Waals surface area contributed by atoms with Crippen LogP contribution in [0.1, 0.15) is 11.4 Å². The molecule has 2 aromatic rings. The molecule has 78 valence electrons. The van der Waals surface area contributed by atoms with Crippen LogP contribution in [0.15, 0.2) is 30.5 Å². The normalized spacial score (nSPS) is 10.5. The molecular formula is C12H14N2S. The van der Waals surface area contributed by atoms with Crippen molar-refractivity contribution >= 4 is 12.6 Å². The van der Waals surface area contributed by atoms with Crippen LogP contribution in [0.25, 0.3) is 11.3 Å². The molecule has 0 spiro atoms. The number of aryl methyl sites for hydroxylation is 2. The minimum absolute atomic E-state index is 0.820. The molecule has 0 aliphatic heterocycles. The van der Waals surface area contributed by atoms with Crippen molar-refractivity contribution in [3.05, 3.63) is 41.9 Å². The maximum absolute atomic E-state index is 4.31. The average Bonchev–Trinajstić information content (AvgIpc) is 2.67. The smallest absolute Gasteiger partial charge is 0.107 e. The monoisotopic (exact) mass is 218 g/mol. The Labute approximate surface area is 95.2 Å². The van der Waals surface area contributed by atoms with E-state index in [0.717, 1.165) is 23.7 Å². The van der Waals surface area contributed by atoms with Gasteiger partial charge in [0.15, 0.2) is 0 Å². The lowest BCUT2D eigenvalue weighted by atomic mass is 10.1. The molecule has 0 saturated heterocycles. The standard InChI is InChI=1S/C12H14N2S/c1-9-3-2-4-10(7-9)11-8-13-12(14-11)5-6-15/h2-4,7-8,15H,5-6H2,1H3,(H,13,14). The Morgan fingerprint density at radius 1 is 1.40 bits per heavy atom. The average molecular weight is 218 g/mol. The zero-order valence-electron chi connectivity index (χ0n) is 8.70. The van der Waals surface area contributed by atoms with Gasteiger partial charge in [0.25, 0.3) is 0 Å². The molecule has 0 unspecified atom stereocenters. The zero-order chi connectivity index (χ0) is 10.7. The highest BCUT2D eigenvalue weighted by atomic mass is 32.1. The number of rotatable bonds is 3. The molecule has 0 atom stereocenters. The van der Waals surface area contributed by atoms with Crippen molar-refractivity contribution in [1.29, 1.82) is 0 Å². The summed E-state index contributed by atoms with van der Waals surface area (Å²) in [6.07, 6.45) is 2.77. The van der Waals surface area contributed by atoms with Crippen molar-refractivity contribution in [2.45, 2.75) is 13.3 Å². The molecular weight excluding hydrogens is 204 g/mol. The highest BCUT2D eigenvalue weighted by Gasteiger charge is 2.02. The lowest BCUT2D eigenvalue weighted by Gasteiger charge is -1.98. The predicted octanol–water partition coefficient (Wildman–Crippen LogP) is 2.86. The van der Waals surface area contributed by atoms with E-state index in [1.165, 1.54) is 11.1 Å². The second-order valence-electron chi connectivity index (χ2n) is 3.59. The third-order valence-electron chi connectivity index (χ3n) is 2.31. The summed E-state index contributed by atoms with van der Waals surface area (Å²) in [5.74, 6) is 1.82. The number of imidazole rings is 1. The van der Waals surface area contributed by atoms with Gasteiger partial charge in [-0.1, -0.05) is 23.8 Å². The van der Waals surface area contributed by atoms with E-state index in [1.807, 2.05) is 6.20 Å². The fraction of sp³-hybridized carbons (Fsp3) is 0.250. The summed E-state index contributed by atoms with van der Waals surface area (Å²) in [6, 6.07) is 8.39. The fourth-order valence-electron chi connectivity index (χ4n) is 1.55. The molecule has 2 rings (SSSR count). The molecule has 0 saturated carbocycles. The number of aromatic nitrogens is 2. The summed E-state index contributed by atoms with van der Waals surface area (Å²) in [5.41, 5.74) is 3.53. The molecule has 15 heavy (non-hydrogen) atoms. The largest absolute Gasteiger partial charge is 0.342 e. The van der Waals surface area contributed by atoms with E-state index in [2.05, 4.69) is 53.8 Å². The van der Waals surface area contributed by atoms with E-state index < -0.39 is 0 Å². The van der Waals surface area contributed by atoms with Gasteiger partial charge in [-0.3, -0.25) is 0 Å². The summed E-state index contributed by atoms with van der Waals surface area (Å²) in [7, 11) is 0. The first kappa shape index (κ1) is 10.3. The van der Waals surface area contributed by atoms with E-state index in [9.17, 15) is 0 Å². The highest BCUT2D eigenvalue weighted by Crippen LogP contribution is 2.18. The van der Waals surface area contributed by atoms with Crippen molar-refractivity contribution in [2.24, 2.45) is 0 Å². The number of aromatic amines is 1. The molecule has 1 aromatic heterocycles. The molecule has 0 aliphatic carbocycles. The first-order valence-corrected chi connectivity index (χ1v) is 5.64. The van der Waals surface area contributed by atoms with Crippen molar-refractivity contribution in [2.75, 3.05) is 5.75 Å². The fourth-order valence-corrected chi connectivity index (χ4v) is 1.77. The minimum Gasteiger partial charge on any atom is -0.342 e. The summed E-state index contributed by atoms with van der Waals surface area (Å²) in [6.45, 7) is 2.09. The Kier molecular flexibility index (Phi) is 3.11. The van der Waals surface area contributed by atoms with Crippen LogP contribution in [-0.2, 0) is 6.42 Å². The van der Waals surface area contributed by atoms with E-state index >= 15 is 0 Å². The Bertz CT molecular complexity index is 448. The second kappa shape index (κ2) is 4.53. The van der Waals surface area contributed by atoms with Gasteiger partial charge in [-0.2, -0.15) is 12.6 Å². The van der Waals surface area contributed by atoms with E-state index in [1.54, 1.807) is 0 Å². The third-order valence-corrected chi connectivity index (χ3v) is 2.53. The van der Waals surface area contributed by atoms with Gasteiger partial charge in [0.2, 0.25) is 0 Å². The summed E-state index contributed by atoms with van der Waals surface area (Å²) in [5, 5.41) is 0. The predicted molar refractivity (Wildman–Crippen MR) is 66.3 cm³/mol. The van der Waals surface area contributed by atoms with Gasteiger partial charge in [0.05, 0.1) is 11.9 Å². The molecule has 1 N–H and O–H groups in total. The van der Waals surface area contributed by atoms with Crippen LogP contribution < -0.4 is 0 Å².